The van der Waals surface area contributed by atoms with E-state index in [4.69, 9.17) is 15.0 Å². The quantitative estimate of drug-likeness (QED) is 0.191. The van der Waals surface area contributed by atoms with Crippen LogP contribution in [0.5, 0.6) is 0 Å². The number of hydrogen-bond acceptors (Lipinski definition) is 3. The highest BCUT2D eigenvalue weighted by atomic mass is 15.0. The molecule has 2 aromatic heterocycles. The van der Waals surface area contributed by atoms with Crippen molar-refractivity contribution >= 4 is 43.4 Å². The van der Waals surface area contributed by atoms with Crippen LogP contribution in [-0.2, 0) is 0 Å². The van der Waals surface area contributed by atoms with E-state index in [0.717, 1.165) is 22.4 Å². The van der Waals surface area contributed by atoms with E-state index in [2.05, 4.69) is 114 Å². The Morgan fingerprint density at radius 1 is 0.353 bits per heavy atom. The summed E-state index contributed by atoms with van der Waals surface area (Å²) in [5.41, 5.74) is 11.3. The molecule has 51 heavy (non-hydrogen) atoms. The minimum atomic E-state index is 0.638. The number of nitrogens with zero attached hydrogens (tertiary/aromatic N) is 4. The van der Waals surface area contributed by atoms with E-state index in [1.165, 1.54) is 65.6 Å². The van der Waals surface area contributed by atoms with Crippen molar-refractivity contribution in [3.05, 3.63) is 170 Å². The second-order valence-electron chi connectivity index (χ2n) is 13.2. The highest BCUT2D eigenvalue weighted by Gasteiger charge is 2.26. The van der Waals surface area contributed by atoms with Gasteiger partial charge in [0.05, 0.1) is 11.0 Å². The topological polar surface area (TPSA) is 43.6 Å². The SMILES string of the molecule is c1ccc(-c2nc(-c3ccccc3)nc(-c3cccc(-n4c5cccc6c5c5c(c7ccccc7cc54)-c4cccc5cccc-6c45)c3)n2)cc1. The minimum absolute atomic E-state index is 0.638. The van der Waals surface area contributed by atoms with Gasteiger partial charge in [0, 0.05) is 38.7 Å². The van der Waals surface area contributed by atoms with Gasteiger partial charge in [-0.2, -0.15) is 0 Å². The molecule has 0 fully saturated rings. The number of benzene rings is 8. The third kappa shape index (κ3) is 4.17. The zero-order valence-electron chi connectivity index (χ0n) is 27.5. The van der Waals surface area contributed by atoms with Crippen LogP contribution in [0.3, 0.4) is 0 Å². The van der Waals surface area contributed by atoms with Crippen LogP contribution in [-0.4, -0.2) is 19.5 Å². The molecule has 11 rings (SSSR count). The second kappa shape index (κ2) is 10.8. The summed E-state index contributed by atoms with van der Waals surface area (Å²) in [5, 5.41) is 7.62. The van der Waals surface area contributed by atoms with Crippen molar-refractivity contribution in [2.75, 3.05) is 0 Å². The smallest absolute Gasteiger partial charge is 0.164 e. The first-order chi connectivity index (χ1) is 25.3. The largest absolute Gasteiger partial charge is 0.309 e. The first-order valence-corrected chi connectivity index (χ1v) is 17.3. The molecular formula is C47H28N4. The Balaban J connectivity index is 1.21. The van der Waals surface area contributed by atoms with Crippen molar-refractivity contribution in [2.24, 2.45) is 0 Å². The normalized spacial score (nSPS) is 11.9. The summed E-state index contributed by atoms with van der Waals surface area (Å²) in [5.74, 6) is 1.94. The van der Waals surface area contributed by atoms with Crippen LogP contribution < -0.4 is 0 Å². The predicted molar refractivity (Wildman–Crippen MR) is 210 cm³/mol. The number of aromatic nitrogens is 4. The third-order valence-electron chi connectivity index (χ3n) is 10.3. The van der Waals surface area contributed by atoms with Gasteiger partial charge in [0.1, 0.15) is 0 Å². The monoisotopic (exact) mass is 648 g/mol. The van der Waals surface area contributed by atoms with Gasteiger partial charge >= 0.3 is 0 Å². The molecule has 4 nitrogen and oxygen atoms in total. The van der Waals surface area contributed by atoms with Crippen molar-refractivity contribution in [3.8, 4) is 62.1 Å². The van der Waals surface area contributed by atoms with Gasteiger partial charge in [0.25, 0.3) is 0 Å². The van der Waals surface area contributed by atoms with Crippen molar-refractivity contribution in [1.29, 1.82) is 0 Å². The van der Waals surface area contributed by atoms with Crippen LogP contribution in [0.4, 0.5) is 0 Å². The minimum Gasteiger partial charge on any atom is -0.309 e. The van der Waals surface area contributed by atoms with E-state index in [-0.39, 0.29) is 0 Å². The predicted octanol–water partition coefficient (Wildman–Crippen LogP) is 11.9. The van der Waals surface area contributed by atoms with Gasteiger partial charge in [-0.3, -0.25) is 0 Å². The molecule has 0 aliphatic heterocycles. The zero-order valence-corrected chi connectivity index (χ0v) is 27.5. The molecular weight excluding hydrogens is 621 g/mol. The fourth-order valence-corrected chi connectivity index (χ4v) is 8.16. The van der Waals surface area contributed by atoms with E-state index in [0.29, 0.717) is 17.5 Å². The van der Waals surface area contributed by atoms with Gasteiger partial charge in [0.2, 0.25) is 0 Å². The standard InChI is InChI=1S/C47H28N4/c1-3-13-30(14-4-1)45-48-46(31-15-5-2-6-16-31)50-47(49-45)33-20-9-21-34(27-33)51-39-26-12-24-37-36-23-10-18-29-19-11-25-38(41(29)36)42-35-22-8-7-17-32(35)28-40(51)44(42)43(37)39/h1-28H. The summed E-state index contributed by atoms with van der Waals surface area (Å²) in [7, 11) is 0. The molecule has 2 heterocycles. The maximum absolute atomic E-state index is 5.05. The Bertz CT molecular complexity index is 2950. The fourth-order valence-electron chi connectivity index (χ4n) is 8.16. The van der Waals surface area contributed by atoms with Gasteiger partial charge in [-0.15, -0.1) is 0 Å². The highest BCUT2D eigenvalue weighted by molar-refractivity contribution is 6.31. The molecule has 0 amide bonds. The van der Waals surface area contributed by atoms with Crippen LogP contribution in [0.1, 0.15) is 0 Å². The lowest BCUT2D eigenvalue weighted by atomic mass is 9.91. The summed E-state index contributed by atoms with van der Waals surface area (Å²) in [6.45, 7) is 0. The Labute approximate surface area is 294 Å². The number of fused-ring (bicyclic) bond motifs is 4. The molecule has 0 unspecified atom stereocenters. The van der Waals surface area contributed by atoms with Crippen LogP contribution in [0, 0.1) is 0 Å². The van der Waals surface area contributed by atoms with Crippen LogP contribution in [0.25, 0.3) is 105 Å². The molecule has 1 aliphatic rings. The van der Waals surface area contributed by atoms with Gasteiger partial charge < -0.3 is 4.57 Å². The fraction of sp³-hybridized carbons (Fsp3) is 0. The van der Waals surface area contributed by atoms with Crippen molar-refractivity contribution in [2.45, 2.75) is 0 Å². The Morgan fingerprint density at radius 3 is 1.63 bits per heavy atom. The lowest BCUT2D eigenvalue weighted by Gasteiger charge is -2.15. The van der Waals surface area contributed by atoms with Crippen LogP contribution >= 0.6 is 0 Å². The second-order valence-corrected chi connectivity index (χ2v) is 13.2. The van der Waals surface area contributed by atoms with Gasteiger partial charge in [-0.1, -0.05) is 146 Å². The molecule has 1 aliphatic carbocycles. The third-order valence-corrected chi connectivity index (χ3v) is 10.3. The van der Waals surface area contributed by atoms with E-state index in [1.54, 1.807) is 0 Å². The van der Waals surface area contributed by atoms with Gasteiger partial charge in [0.15, 0.2) is 17.5 Å². The maximum atomic E-state index is 5.05. The molecule has 0 saturated heterocycles. The first-order valence-electron chi connectivity index (χ1n) is 17.3. The summed E-state index contributed by atoms with van der Waals surface area (Å²) in [4.78, 5) is 15.0. The van der Waals surface area contributed by atoms with Crippen LogP contribution in [0.2, 0.25) is 0 Å². The lowest BCUT2D eigenvalue weighted by molar-refractivity contribution is 1.07. The van der Waals surface area contributed by atoms with E-state index < -0.39 is 0 Å². The molecule has 10 aromatic rings. The average molecular weight is 649 g/mol. The molecule has 0 saturated carbocycles. The Hall–Kier alpha value is -6.91. The highest BCUT2D eigenvalue weighted by Crippen LogP contribution is 2.51. The van der Waals surface area contributed by atoms with E-state index in [1.807, 2.05) is 60.7 Å². The molecule has 0 bridgehead atoms. The van der Waals surface area contributed by atoms with E-state index in [9.17, 15) is 0 Å². The molecule has 0 N–H and O–H groups in total. The maximum Gasteiger partial charge on any atom is 0.164 e. The van der Waals surface area contributed by atoms with Gasteiger partial charge in [-0.05, 0) is 62.5 Å². The summed E-state index contributed by atoms with van der Waals surface area (Å²) in [6, 6.07) is 60.3. The van der Waals surface area contributed by atoms with Crippen molar-refractivity contribution in [3.63, 3.8) is 0 Å². The van der Waals surface area contributed by atoms with Gasteiger partial charge in [-0.25, -0.2) is 15.0 Å². The lowest BCUT2D eigenvalue weighted by Crippen LogP contribution is -2.01. The molecule has 0 atom stereocenters. The van der Waals surface area contributed by atoms with Crippen molar-refractivity contribution in [1.82, 2.24) is 19.5 Å². The Morgan fingerprint density at radius 2 is 0.902 bits per heavy atom. The average Bonchev–Trinajstić information content (AvgIpc) is 3.47. The molecule has 0 radical (unpaired) electrons. The Kier molecular flexibility index (Phi) is 5.92. The number of hydrogen-bond donors (Lipinski definition) is 0. The van der Waals surface area contributed by atoms with Crippen LogP contribution in [0.15, 0.2) is 170 Å². The summed E-state index contributed by atoms with van der Waals surface area (Å²) < 4.78 is 2.43. The number of rotatable bonds is 4. The first kappa shape index (κ1) is 28.0. The molecule has 8 aromatic carbocycles. The molecule has 4 heteroatoms. The summed E-state index contributed by atoms with van der Waals surface area (Å²) in [6.07, 6.45) is 0. The zero-order chi connectivity index (χ0) is 33.5. The van der Waals surface area contributed by atoms with E-state index >= 15 is 0 Å². The molecule has 236 valence electrons. The summed E-state index contributed by atoms with van der Waals surface area (Å²) >= 11 is 0. The van der Waals surface area contributed by atoms with Crippen molar-refractivity contribution < 1.29 is 0 Å². The molecule has 0 spiro atoms.